The quantitative estimate of drug-likeness (QED) is 0.510. The Hall–Kier alpha value is -3.20. The topological polar surface area (TPSA) is 86.3 Å². The largest absolute Gasteiger partial charge is 0.496 e. The summed E-state index contributed by atoms with van der Waals surface area (Å²) < 4.78 is 23.5. The van der Waals surface area contributed by atoms with Crippen LogP contribution in [0.25, 0.3) is 6.08 Å². The van der Waals surface area contributed by atoms with Crippen molar-refractivity contribution in [2.24, 2.45) is 0 Å². The zero-order valence-corrected chi connectivity index (χ0v) is 22.6. The Morgan fingerprint density at radius 1 is 1.16 bits per heavy atom. The highest BCUT2D eigenvalue weighted by atomic mass is 79.9. The average molecular weight is 571 g/mol. The highest BCUT2D eigenvalue weighted by Gasteiger charge is 2.42. The standard InChI is InChI=1S/C28H31BrN2O6/c1-17(19-8-10-24-25(15-19)36-12-11-35-24)30-27(32)16-31-21-5-3-4-6-23(21)37-26(28(31)33)14-18-7-9-22(34-2)20(29)13-18/h7-10,13-15,17,21,23H,3-6,11-12,16H2,1-2H3,(H,30,32)/b26-14-. The van der Waals surface area contributed by atoms with Crippen molar-refractivity contribution in [1.29, 1.82) is 0 Å². The Morgan fingerprint density at radius 3 is 2.73 bits per heavy atom. The Labute approximate surface area is 225 Å². The molecule has 196 valence electrons. The van der Waals surface area contributed by atoms with Gasteiger partial charge in [-0.25, -0.2) is 0 Å². The molecule has 2 aromatic rings. The molecule has 9 heteroatoms. The van der Waals surface area contributed by atoms with E-state index in [-0.39, 0.29) is 42.3 Å². The van der Waals surface area contributed by atoms with E-state index in [1.165, 1.54) is 0 Å². The molecule has 2 aliphatic heterocycles. The number of carbonyl (C=O) groups excluding carboxylic acids is 2. The Bertz CT molecular complexity index is 1220. The molecule has 0 radical (unpaired) electrons. The van der Waals surface area contributed by atoms with Crippen LogP contribution in [0.15, 0.2) is 46.6 Å². The van der Waals surface area contributed by atoms with E-state index >= 15 is 0 Å². The monoisotopic (exact) mass is 570 g/mol. The normalized spacial score (nSPS) is 22.6. The van der Waals surface area contributed by atoms with Crippen LogP contribution in [-0.4, -0.2) is 55.7 Å². The van der Waals surface area contributed by atoms with Gasteiger partial charge >= 0.3 is 0 Å². The number of hydrogen-bond donors (Lipinski definition) is 1. The highest BCUT2D eigenvalue weighted by molar-refractivity contribution is 9.10. The predicted molar refractivity (Wildman–Crippen MR) is 142 cm³/mol. The Kier molecular flexibility index (Phi) is 7.60. The highest BCUT2D eigenvalue weighted by Crippen LogP contribution is 2.35. The lowest BCUT2D eigenvalue weighted by molar-refractivity contribution is -0.152. The van der Waals surface area contributed by atoms with E-state index in [4.69, 9.17) is 18.9 Å². The van der Waals surface area contributed by atoms with Crippen molar-refractivity contribution >= 4 is 33.8 Å². The van der Waals surface area contributed by atoms with Gasteiger partial charge in [0.1, 0.15) is 31.6 Å². The summed E-state index contributed by atoms with van der Waals surface area (Å²) in [6.45, 7) is 2.92. The third-order valence-corrected chi connectivity index (χ3v) is 7.67. The fraction of sp³-hybridized carbons (Fsp3) is 0.429. The number of fused-ring (bicyclic) bond motifs is 2. The summed E-state index contributed by atoms with van der Waals surface area (Å²) >= 11 is 3.49. The first-order valence-corrected chi connectivity index (χ1v) is 13.4. The minimum atomic E-state index is -0.266. The van der Waals surface area contributed by atoms with Gasteiger partial charge in [0.25, 0.3) is 5.91 Å². The summed E-state index contributed by atoms with van der Waals surface area (Å²) in [7, 11) is 1.60. The number of nitrogens with one attached hydrogen (secondary N) is 1. The fourth-order valence-corrected chi connectivity index (χ4v) is 5.70. The van der Waals surface area contributed by atoms with E-state index in [1.54, 1.807) is 18.1 Å². The van der Waals surface area contributed by atoms with Crippen molar-refractivity contribution in [3.63, 3.8) is 0 Å². The van der Waals surface area contributed by atoms with E-state index in [1.807, 2.05) is 43.3 Å². The molecule has 3 unspecified atom stereocenters. The van der Waals surface area contributed by atoms with E-state index in [2.05, 4.69) is 21.2 Å². The second kappa shape index (κ2) is 11.0. The first kappa shape index (κ1) is 25.4. The molecule has 1 aliphatic carbocycles. The molecule has 2 amide bonds. The van der Waals surface area contributed by atoms with Gasteiger partial charge in [-0.1, -0.05) is 18.6 Å². The van der Waals surface area contributed by atoms with Crippen LogP contribution in [0.4, 0.5) is 0 Å². The molecular formula is C28H31BrN2O6. The number of rotatable bonds is 6. The molecule has 1 saturated carbocycles. The summed E-state index contributed by atoms with van der Waals surface area (Å²) in [5.74, 6) is 1.87. The third-order valence-electron chi connectivity index (χ3n) is 7.05. The van der Waals surface area contributed by atoms with Crippen LogP contribution >= 0.6 is 15.9 Å². The zero-order valence-electron chi connectivity index (χ0n) is 21.0. The van der Waals surface area contributed by atoms with Gasteiger partial charge in [0.05, 0.1) is 23.7 Å². The van der Waals surface area contributed by atoms with Gasteiger partial charge in [-0.05, 0) is 83.6 Å². The molecule has 0 bridgehead atoms. The molecule has 8 nitrogen and oxygen atoms in total. The van der Waals surface area contributed by atoms with Gasteiger partial charge in [-0.2, -0.15) is 0 Å². The molecule has 3 aliphatic rings. The Morgan fingerprint density at radius 2 is 1.95 bits per heavy atom. The van der Waals surface area contributed by atoms with E-state index < -0.39 is 0 Å². The molecular weight excluding hydrogens is 540 g/mol. The number of ether oxygens (including phenoxy) is 4. The summed E-state index contributed by atoms with van der Waals surface area (Å²) in [4.78, 5) is 28.4. The molecule has 0 aromatic heterocycles. The summed E-state index contributed by atoms with van der Waals surface area (Å²) in [6.07, 6.45) is 5.34. The summed E-state index contributed by atoms with van der Waals surface area (Å²) in [6, 6.07) is 10.9. The van der Waals surface area contributed by atoms with Gasteiger partial charge in [-0.3, -0.25) is 9.59 Å². The molecule has 37 heavy (non-hydrogen) atoms. The summed E-state index contributed by atoms with van der Waals surface area (Å²) in [5.41, 5.74) is 1.72. The Balaban J connectivity index is 1.31. The van der Waals surface area contributed by atoms with Crippen molar-refractivity contribution in [1.82, 2.24) is 10.2 Å². The maximum Gasteiger partial charge on any atom is 0.289 e. The average Bonchev–Trinajstić information content (AvgIpc) is 2.90. The molecule has 0 spiro atoms. The minimum absolute atomic E-state index is 0.0259. The third kappa shape index (κ3) is 5.56. The molecule has 2 fully saturated rings. The fourth-order valence-electron chi connectivity index (χ4n) is 5.14. The van der Waals surface area contributed by atoms with Crippen LogP contribution in [-0.2, 0) is 14.3 Å². The molecule has 2 heterocycles. The van der Waals surface area contributed by atoms with Crippen LogP contribution in [0.5, 0.6) is 17.2 Å². The SMILES string of the molecule is COc1ccc(/C=C2\OC3CCCCC3N(CC(=O)NC(C)c3ccc4c(c3)OCCO4)C2=O)cc1Br. The summed E-state index contributed by atoms with van der Waals surface area (Å²) in [5, 5.41) is 3.04. The molecule has 1 saturated heterocycles. The van der Waals surface area contributed by atoms with Gasteiger partial charge < -0.3 is 29.2 Å². The molecule has 5 rings (SSSR count). The van der Waals surface area contributed by atoms with Crippen molar-refractivity contribution < 1.29 is 28.5 Å². The number of carbonyl (C=O) groups is 2. The molecule has 1 N–H and O–H groups in total. The van der Waals surface area contributed by atoms with Crippen LogP contribution in [0, 0.1) is 0 Å². The lowest BCUT2D eigenvalue weighted by atomic mass is 9.89. The van der Waals surface area contributed by atoms with Crippen molar-refractivity contribution in [3.8, 4) is 17.2 Å². The van der Waals surface area contributed by atoms with Crippen LogP contribution in [0.1, 0.15) is 49.8 Å². The van der Waals surface area contributed by atoms with Gasteiger partial charge in [0, 0.05) is 0 Å². The van der Waals surface area contributed by atoms with Gasteiger partial charge in [0.2, 0.25) is 5.91 Å². The first-order valence-electron chi connectivity index (χ1n) is 12.6. The molecule has 3 atom stereocenters. The van der Waals surface area contributed by atoms with E-state index in [0.29, 0.717) is 30.5 Å². The number of hydrogen-bond acceptors (Lipinski definition) is 6. The maximum atomic E-state index is 13.5. The number of benzene rings is 2. The van der Waals surface area contributed by atoms with Crippen LogP contribution in [0.2, 0.25) is 0 Å². The van der Waals surface area contributed by atoms with Gasteiger partial charge in [-0.15, -0.1) is 0 Å². The second-order valence-corrected chi connectivity index (χ2v) is 10.4. The van der Waals surface area contributed by atoms with Crippen molar-refractivity contribution in [2.45, 2.75) is 50.8 Å². The smallest absolute Gasteiger partial charge is 0.289 e. The maximum absolute atomic E-state index is 13.5. The van der Waals surface area contributed by atoms with E-state index in [9.17, 15) is 9.59 Å². The van der Waals surface area contributed by atoms with Gasteiger partial charge in [0.15, 0.2) is 17.3 Å². The van der Waals surface area contributed by atoms with E-state index in [0.717, 1.165) is 41.3 Å². The zero-order chi connectivity index (χ0) is 25.9. The number of nitrogens with zero attached hydrogens (tertiary/aromatic N) is 1. The van der Waals surface area contributed by atoms with Crippen molar-refractivity contribution in [2.75, 3.05) is 26.9 Å². The second-order valence-electron chi connectivity index (χ2n) is 9.54. The minimum Gasteiger partial charge on any atom is -0.496 e. The lowest BCUT2D eigenvalue weighted by Crippen LogP contribution is -2.57. The first-order chi connectivity index (χ1) is 17.9. The lowest BCUT2D eigenvalue weighted by Gasteiger charge is -2.44. The van der Waals surface area contributed by atoms with Crippen LogP contribution < -0.4 is 19.5 Å². The number of halogens is 1. The van der Waals surface area contributed by atoms with Crippen LogP contribution in [0.3, 0.4) is 0 Å². The molecule has 2 aromatic carbocycles. The number of methoxy groups -OCH3 is 1. The van der Waals surface area contributed by atoms with Crippen molar-refractivity contribution in [3.05, 3.63) is 57.8 Å². The number of morpholine rings is 1. The predicted octanol–water partition coefficient (Wildman–Crippen LogP) is 4.62. The number of amides is 2.